The zero-order valence-corrected chi connectivity index (χ0v) is 11.4. The Kier molecular flexibility index (Phi) is 6.26. The number of phenols is 1. The van der Waals surface area contributed by atoms with Gasteiger partial charge in [-0.3, -0.25) is 4.79 Å². The first-order chi connectivity index (χ1) is 8.63. The Bertz CT molecular complexity index is 359. The Morgan fingerprint density at radius 1 is 1.17 bits per heavy atom. The van der Waals surface area contributed by atoms with E-state index < -0.39 is 0 Å². The summed E-state index contributed by atoms with van der Waals surface area (Å²) in [6.07, 6.45) is 5.14. The van der Waals surface area contributed by atoms with Gasteiger partial charge in [-0.2, -0.15) is 0 Å². The Morgan fingerprint density at radius 3 is 2.44 bits per heavy atom. The largest absolute Gasteiger partial charge is 0.508 e. The number of unbranched alkanes of at least 4 members (excludes halogenated alkanes) is 3. The van der Waals surface area contributed by atoms with Crippen molar-refractivity contribution in [3.8, 4) is 5.75 Å². The molecule has 0 aliphatic heterocycles. The number of rotatable bonds is 7. The van der Waals surface area contributed by atoms with Crippen molar-refractivity contribution in [3.63, 3.8) is 0 Å². The number of benzene rings is 1. The quantitative estimate of drug-likeness (QED) is 0.753. The van der Waals surface area contributed by atoms with E-state index in [2.05, 4.69) is 6.92 Å². The highest BCUT2D eigenvalue weighted by Gasteiger charge is 2.08. The summed E-state index contributed by atoms with van der Waals surface area (Å²) in [5.41, 5.74) is 1.04. The molecule has 1 aromatic carbocycles. The molecule has 0 unspecified atom stereocenters. The van der Waals surface area contributed by atoms with Crippen LogP contribution in [0.4, 0.5) is 0 Å². The number of amides is 1. The van der Waals surface area contributed by atoms with Gasteiger partial charge in [0.1, 0.15) is 5.75 Å². The Hall–Kier alpha value is -1.51. The van der Waals surface area contributed by atoms with E-state index in [-0.39, 0.29) is 11.7 Å². The fraction of sp³-hybridized carbons (Fsp3) is 0.533. The number of hydrogen-bond donors (Lipinski definition) is 1. The van der Waals surface area contributed by atoms with Crippen LogP contribution in [0.2, 0.25) is 0 Å². The lowest BCUT2D eigenvalue weighted by atomic mass is 10.1. The van der Waals surface area contributed by atoms with Gasteiger partial charge in [-0.15, -0.1) is 0 Å². The van der Waals surface area contributed by atoms with Crippen LogP contribution in [0, 0.1) is 0 Å². The van der Waals surface area contributed by atoms with Gasteiger partial charge in [0.2, 0.25) is 5.91 Å². The van der Waals surface area contributed by atoms with Crippen LogP contribution in [0.5, 0.6) is 5.75 Å². The molecule has 0 aliphatic carbocycles. The molecule has 0 spiro atoms. The van der Waals surface area contributed by atoms with Crippen LogP contribution in [0.3, 0.4) is 0 Å². The highest BCUT2D eigenvalue weighted by atomic mass is 16.3. The van der Waals surface area contributed by atoms with E-state index in [1.807, 2.05) is 19.2 Å². The monoisotopic (exact) mass is 249 g/mol. The summed E-state index contributed by atoms with van der Waals surface area (Å²) >= 11 is 0. The minimum absolute atomic E-state index is 0.194. The lowest BCUT2D eigenvalue weighted by Crippen LogP contribution is -2.25. The number of carbonyl (C=O) groups is 1. The minimum atomic E-state index is 0.194. The fourth-order valence-corrected chi connectivity index (χ4v) is 1.86. The van der Waals surface area contributed by atoms with Gasteiger partial charge < -0.3 is 10.0 Å². The third-order valence-corrected chi connectivity index (χ3v) is 3.03. The van der Waals surface area contributed by atoms with Crippen LogP contribution < -0.4 is 0 Å². The third-order valence-electron chi connectivity index (χ3n) is 3.03. The van der Waals surface area contributed by atoms with Crippen molar-refractivity contribution in [1.29, 1.82) is 0 Å². The Labute approximate surface area is 109 Å². The zero-order valence-electron chi connectivity index (χ0n) is 11.4. The van der Waals surface area contributed by atoms with Crippen molar-refractivity contribution in [1.82, 2.24) is 4.90 Å². The molecule has 1 amide bonds. The molecule has 3 nitrogen and oxygen atoms in total. The van der Waals surface area contributed by atoms with Crippen LogP contribution in [-0.2, 0) is 11.3 Å². The predicted octanol–water partition coefficient (Wildman–Crippen LogP) is 3.32. The predicted molar refractivity (Wildman–Crippen MR) is 73.3 cm³/mol. The molecule has 18 heavy (non-hydrogen) atoms. The molecule has 3 heteroatoms. The van der Waals surface area contributed by atoms with Gasteiger partial charge in [0.15, 0.2) is 0 Å². The van der Waals surface area contributed by atoms with Crippen LogP contribution >= 0.6 is 0 Å². The molecule has 0 atom stereocenters. The van der Waals surface area contributed by atoms with Crippen molar-refractivity contribution < 1.29 is 9.90 Å². The maximum Gasteiger partial charge on any atom is 0.222 e. The molecule has 0 fully saturated rings. The second kappa shape index (κ2) is 7.75. The summed E-state index contributed by atoms with van der Waals surface area (Å²) in [6.45, 7) is 2.77. The number of nitrogens with zero attached hydrogens (tertiary/aromatic N) is 1. The molecule has 0 radical (unpaired) electrons. The molecule has 0 aliphatic rings. The third kappa shape index (κ3) is 5.21. The molecule has 1 N–H and O–H groups in total. The van der Waals surface area contributed by atoms with Gasteiger partial charge >= 0.3 is 0 Å². The Morgan fingerprint density at radius 2 is 1.83 bits per heavy atom. The normalized spacial score (nSPS) is 10.3. The van der Waals surface area contributed by atoms with E-state index in [1.54, 1.807) is 17.0 Å². The van der Waals surface area contributed by atoms with E-state index >= 15 is 0 Å². The second-order valence-corrected chi connectivity index (χ2v) is 4.73. The van der Waals surface area contributed by atoms with E-state index in [0.717, 1.165) is 18.4 Å². The standard InChI is InChI=1S/C15H23NO2/c1-3-4-5-6-7-15(18)16(2)12-13-8-10-14(17)11-9-13/h8-11,17H,3-7,12H2,1-2H3. The summed E-state index contributed by atoms with van der Waals surface area (Å²) in [6, 6.07) is 6.98. The van der Waals surface area contributed by atoms with Crippen molar-refractivity contribution >= 4 is 5.91 Å². The van der Waals surface area contributed by atoms with Crippen LogP contribution in [-0.4, -0.2) is 23.0 Å². The van der Waals surface area contributed by atoms with Crippen molar-refractivity contribution in [2.24, 2.45) is 0 Å². The first-order valence-corrected chi connectivity index (χ1v) is 6.65. The highest BCUT2D eigenvalue weighted by molar-refractivity contribution is 5.75. The molecule has 0 heterocycles. The maximum atomic E-state index is 11.9. The van der Waals surface area contributed by atoms with Gasteiger partial charge in [0, 0.05) is 20.0 Å². The molecular weight excluding hydrogens is 226 g/mol. The Balaban J connectivity index is 2.33. The van der Waals surface area contributed by atoms with Crippen LogP contribution in [0.1, 0.15) is 44.6 Å². The molecule has 0 saturated carbocycles. The topological polar surface area (TPSA) is 40.5 Å². The number of phenolic OH excluding ortho intramolecular Hbond substituents is 1. The van der Waals surface area contributed by atoms with Gasteiger partial charge in [-0.1, -0.05) is 38.3 Å². The summed E-state index contributed by atoms with van der Waals surface area (Å²) in [7, 11) is 1.83. The molecule has 1 rings (SSSR count). The van der Waals surface area contributed by atoms with Crippen molar-refractivity contribution in [2.75, 3.05) is 7.05 Å². The molecule has 1 aromatic rings. The molecule has 0 saturated heterocycles. The number of carbonyl (C=O) groups excluding carboxylic acids is 1. The molecule has 100 valence electrons. The number of hydrogen-bond acceptors (Lipinski definition) is 2. The fourth-order valence-electron chi connectivity index (χ4n) is 1.86. The lowest BCUT2D eigenvalue weighted by Gasteiger charge is -2.17. The molecule has 0 bridgehead atoms. The summed E-state index contributed by atoms with van der Waals surface area (Å²) < 4.78 is 0. The zero-order chi connectivity index (χ0) is 13.4. The summed E-state index contributed by atoms with van der Waals surface area (Å²) in [5, 5.41) is 9.19. The smallest absolute Gasteiger partial charge is 0.222 e. The first kappa shape index (κ1) is 14.6. The van der Waals surface area contributed by atoms with Gasteiger partial charge in [-0.25, -0.2) is 0 Å². The summed E-state index contributed by atoms with van der Waals surface area (Å²) in [4.78, 5) is 13.6. The summed E-state index contributed by atoms with van der Waals surface area (Å²) in [5.74, 6) is 0.450. The van der Waals surface area contributed by atoms with E-state index in [4.69, 9.17) is 0 Å². The van der Waals surface area contributed by atoms with Crippen molar-refractivity contribution in [2.45, 2.75) is 45.6 Å². The van der Waals surface area contributed by atoms with Crippen molar-refractivity contribution in [3.05, 3.63) is 29.8 Å². The SMILES string of the molecule is CCCCCCC(=O)N(C)Cc1ccc(O)cc1. The molecular formula is C15H23NO2. The van der Waals surface area contributed by atoms with Gasteiger partial charge in [0.05, 0.1) is 0 Å². The average molecular weight is 249 g/mol. The van der Waals surface area contributed by atoms with Gasteiger partial charge in [-0.05, 0) is 24.1 Å². The van der Waals surface area contributed by atoms with E-state index in [0.29, 0.717) is 13.0 Å². The average Bonchev–Trinajstić information content (AvgIpc) is 2.37. The highest BCUT2D eigenvalue weighted by Crippen LogP contribution is 2.12. The maximum absolute atomic E-state index is 11.9. The van der Waals surface area contributed by atoms with Crippen LogP contribution in [0.15, 0.2) is 24.3 Å². The first-order valence-electron chi connectivity index (χ1n) is 6.65. The second-order valence-electron chi connectivity index (χ2n) is 4.73. The van der Waals surface area contributed by atoms with E-state index in [1.165, 1.54) is 12.8 Å². The number of aromatic hydroxyl groups is 1. The lowest BCUT2D eigenvalue weighted by molar-refractivity contribution is -0.130. The van der Waals surface area contributed by atoms with Gasteiger partial charge in [0.25, 0.3) is 0 Å². The minimum Gasteiger partial charge on any atom is -0.508 e. The molecule has 0 aromatic heterocycles. The van der Waals surface area contributed by atoms with E-state index in [9.17, 15) is 9.90 Å². The van der Waals surface area contributed by atoms with Crippen LogP contribution in [0.25, 0.3) is 0 Å².